The van der Waals surface area contributed by atoms with Gasteiger partial charge in [-0.05, 0) is 46.8 Å². The molecule has 0 unspecified atom stereocenters. The Morgan fingerprint density at radius 2 is 2.24 bits per heavy atom. The molecule has 130 valence electrons. The van der Waals surface area contributed by atoms with Crippen molar-refractivity contribution in [3.63, 3.8) is 0 Å². The van der Waals surface area contributed by atoms with Gasteiger partial charge >= 0.3 is 0 Å². The van der Waals surface area contributed by atoms with Gasteiger partial charge in [-0.25, -0.2) is 0 Å². The van der Waals surface area contributed by atoms with Crippen molar-refractivity contribution >= 4 is 49.5 Å². The van der Waals surface area contributed by atoms with Crippen LogP contribution >= 0.6 is 27.3 Å². The Hall–Kier alpha value is -2.18. The maximum absolute atomic E-state index is 12.3. The number of anilines is 2. The van der Waals surface area contributed by atoms with E-state index < -0.39 is 5.91 Å². The molecule has 1 aliphatic heterocycles. The predicted molar refractivity (Wildman–Crippen MR) is 99.1 cm³/mol. The monoisotopic (exact) mass is 421 g/mol. The molecular weight excluding hydrogens is 406 g/mol. The topological polar surface area (TPSA) is 95.0 Å². The maximum atomic E-state index is 12.3. The lowest BCUT2D eigenvalue weighted by atomic mass is 10.00. The second-order valence-electron chi connectivity index (χ2n) is 5.83. The Morgan fingerprint density at radius 1 is 1.48 bits per heavy atom. The summed E-state index contributed by atoms with van der Waals surface area (Å²) in [5.41, 5.74) is -0.0644. The average Bonchev–Trinajstić information content (AvgIpc) is 3.22. The van der Waals surface area contributed by atoms with Crippen LogP contribution in [0.1, 0.15) is 25.5 Å². The van der Waals surface area contributed by atoms with Crippen molar-refractivity contribution < 1.29 is 9.21 Å². The third-order valence-corrected chi connectivity index (χ3v) is 5.26. The number of amides is 1. The van der Waals surface area contributed by atoms with Crippen molar-refractivity contribution in [3.05, 3.63) is 28.1 Å². The molecule has 0 aromatic carbocycles. The minimum atomic E-state index is -0.537. The summed E-state index contributed by atoms with van der Waals surface area (Å²) in [4.78, 5) is 14.4. The number of carbonyl (C=O) groups is 1. The molecule has 9 heteroatoms. The molecule has 7 nitrogen and oxygen atoms in total. The molecule has 3 rings (SSSR count). The van der Waals surface area contributed by atoms with Crippen LogP contribution in [0.15, 0.2) is 26.8 Å². The summed E-state index contributed by atoms with van der Waals surface area (Å²) in [6.07, 6.45) is 3.64. The largest absolute Gasteiger partial charge is 0.450 e. The van der Waals surface area contributed by atoms with Crippen molar-refractivity contribution in [2.45, 2.75) is 19.8 Å². The molecule has 0 spiro atoms. The first-order chi connectivity index (χ1) is 12.0. The molecular formula is C16H16BrN5O2S. The first-order valence-electron chi connectivity index (χ1n) is 7.82. The molecule has 1 fully saturated rings. The smallest absolute Gasteiger partial charge is 0.268 e. The summed E-state index contributed by atoms with van der Waals surface area (Å²) in [6.45, 7) is 4.14. The summed E-state index contributed by atoms with van der Waals surface area (Å²) >= 11 is 4.49. The van der Waals surface area contributed by atoms with Crippen LogP contribution in [-0.4, -0.2) is 29.2 Å². The van der Waals surface area contributed by atoms with E-state index in [2.05, 4.69) is 43.3 Å². The van der Waals surface area contributed by atoms with E-state index in [0.29, 0.717) is 15.6 Å². The first kappa shape index (κ1) is 17.6. The van der Waals surface area contributed by atoms with E-state index >= 15 is 0 Å². The standard InChI is InChI=1S/C16H16BrN5O2S/c1-10-4-6-22(7-5-10)16-21-20-15(25-16)19-14(23)11(9-18)8-12-2-3-13(17)24-12/h2-3,8,10H,4-7H2,1H3,(H,19,20,23)/b11-8-. The van der Waals surface area contributed by atoms with Crippen LogP contribution in [-0.2, 0) is 4.79 Å². The van der Waals surface area contributed by atoms with Gasteiger partial charge in [-0.3, -0.25) is 10.1 Å². The number of nitriles is 1. The number of halogens is 1. The highest BCUT2D eigenvalue weighted by Crippen LogP contribution is 2.28. The fourth-order valence-corrected chi connectivity index (χ4v) is 3.57. The number of hydrogen-bond donors (Lipinski definition) is 1. The van der Waals surface area contributed by atoms with Crippen LogP contribution in [0.3, 0.4) is 0 Å². The van der Waals surface area contributed by atoms with E-state index in [-0.39, 0.29) is 5.57 Å². The van der Waals surface area contributed by atoms with Crippen LogP contribution in [0.4, 0.5) is 10.3 Å². The Bertz CT molecular complexity index is 830. The Kier molecular flexibility index (Phi) is 5.50. The molecule has 2 aromatic heterocycles. The van der Waals surface area contributed by atoms with Gasteiger partial charge in [0.1, 0.15) is 17.4 Å². The van der Waals surface area contributed by atoms with Gasteiger partial charge < -0.3 is 9.32 Å². The quantitative estimate of drug-likeness (QED) is 0.597. The highest BCUT2D eigenvalue weighted by molar-refractivity contribution is 9.10. The van der Waals surface area contributed by atoms with Gasteiger partial charge in [0.2, 0.25) is 10.3 Å². The van der Waals surface area contributed by atoms with E-state index in [1.54, 1.807) is 12.1 Å². The third kappa shape index (κ3) is 4.46. The van der Waals surface area contributed by atoms with Gasteiger partial charge in [0.25, 0.3) is 5.91 Å². The second-order valence-corrected chi connectivity index (χ2v) is 7.56. The summed E-state index contributed by atoms with van der Waals surface area (Å²) in [7, 11) is 0. The predicted octanol–water partition coefficient (Wildman–Crippen LogP) is 3.68. The molecule has 1 amide bonds. The zero-order valence-corrected chi connectivity index (χ0v) is 15.9. The summed E-state index contributed by atoms with van der Waals surface area (Å²) in [5, 5.41) is 21.1. The Balaban J connectivity index is 1.66. The van der Waals surface area contributed by atoms with E-state index in [1.807, 2.05) is 6.07 Å². The second kappa shape index (κ2) is 7.80. The minimum absolute atomic E-state index is 0.0644. The SMILES string of the molecule is CC1CCN(c2nnc(NC(=O)/C(C#N)=C\c3ccc(Br)o3)s2)CC1. The molecule has 3 heterocycles. The molecule has 0 bridgehead atoms. The number of rotatable bonds is 4. The Labute approximate surface area is 157 Å². The summed E-state index contributed by atoms with van der Waals surface area (Å²) < 4.78 is 5.81. The summed E-state index contributed by atoms with van der Waals surface area (Å²) in [5.74, 6) is 0.609. The zero-order chi connectivity index (χ0) is 17.8. The number of nitrogens with zero attached hydrogens (tertiary/aromatic N) is 4. The molecule has 1 N–H and O–H groups in total. The number of furan rings is 1. The number of hydrogen-bond acceptors (Lipinski definition) is 7. The van der Waals surface area contributed by atoms with Crippen LogP contribution < -0.4 is 10.2 Å². The van der Waals surface area contributed by atoms with Crippen molar-refractivity contribution in [3.8, 4) is 6.07 Å². The van der Waals surface area contributed by atoms with Gasteiger partial charge in [-0.15, -0.1) is 10.2 Å². The van der Waals surface area contributed by atoms with E-state index in [0.717, 1.165) is 37.0 Å². The average molecular weight is 422 g/mol. The lowest BCUT2D eigenvalue weighted by Crippen LogP contribution is -2.32. The van der Waals surface area contributed by atoms with Crippen molar-refractivity contribution in [2.75, 3.05) is 23.3 Å². The maximum Gasteiger partial charge on any atom is 0.268 e. The van der Waals surface area contributed by atoms with Gasteiger partial charge in [-0.2, -0.15) is 5.26 Å². The van der Waals surface area contributed by atoms with Crippen LogP contribution in [0.5, 0.6) is 0 Å². The van der Waals surface area contributed by atoms with Gasteiger partial charge in [-0.1, -0.05) is 18.3 Å². The van der Waals surface area contributed by atoms with Crippen LogP contribution in [0, 0.1) is 17.2 Å². The zero-order valence-electron chi connectivity index (χ0n) is 13.5. The van der Waals surface area contributed by atoms with Crippen molar-refractivity contribution in [2.24, 2.45) is 5.92 Å². The highest BCUT2D eigenvalue weighted by atomic mass is 79.9. The number of piperidine rings is 1. The van der Waals surface area contributed by atoms with Gasteiger partial charge in [0.05, 0.1) is 0 Å². The summed E-state index contributed by atoms with van der Waals surface area (Å²) in [6, 6.07) is 5.23. The minimum Gasteiger partial charge on any atom is -0.450 e. The van der Waals surface area contributed by atoms with Gasteiger partial charge in [0, 0.05) is 19.2 Å². The highest BCUT2D eigenvalue weighted by Gasteiger charge is 2.20. The van der Waals surface area contributed by atoms with E-state index in [4.69, 9.17) is 4.42 Å². The number of aromatic nitrogens is 2. The number of carbonyl (C=O) groups excluding carboxylic acids is 1. The molecule has 0 radical (unpaired) electrons. The molecule has 25 heavy (non-hydrogen) atoms. The van der Waals surface area contributed by atoms with Crippen molar-refractivity contribution in [1.29, 1.82) is 5.26 Å². The van der Waals surface area contributed by atoms with Crippen LogP contribution in [0.2, 0.25) is 0 Å². The fourth-order valence-electron chi connectivity index (χ4n) is 2.45. The molecule has 0 aliphatic carbocycles. The molecule has 0 atom stereocenters. The first-order valence-corrected chi connectivity index (χ1v) is 9.43. The molecule has 0 saturated carbocycles. The number of nitrogens with one attached hydrogen (secondary N) is 1. The Morgan fingerprint density at radius 3 is 2.88 bits per heavy atom. The normalized spacial score (nSPS) is 15.9. The lowest BCUT2D eigenvalue weighted by Gasteiger charge is -2.29. The van der Waals surface area contributed by atoms with E-state index in [1.165, 1.54) is 17.4 Å². The third-order valence-electron chi connectivity index (χ3n) is 3.93. The molecule has 1 saturated heterocycles. The molecule has 2 aromatic rings. The molecule has 1 aliphatic rings. The lowest BCUT2D eigenvalue weighted by molar-refractivity contribution is -0.112. The fraction of sp³-hybridized carbons (Fsp3) is 0.375. The van der Waals surface area contributed by atoms with Crippen LogP contribution in [0.25, 0.3) is 6.08 Å². The van der Waals surface area contributed by atoms with Gasteiger partial charge in [0.15, 0.2) is 4.67 Å². The van der Waals surface area contributed by atoms with E-state index in [9.17, 15) is 10.1 Å². The van der Waals surface area contributed by atoms with Crippen molar-refractivity contribution in [1.82, 2.24) is 10.2 Å².